The maximum Gasteiger partial charge on any atom is 0.307 e. The molecule has 1 aromatic heterocycles. The topological polar surface area (TPSA) is 51.7 Å². The van der Waals surface area contributed by atoms with Crippen molar-refractivity contribution in [3.8, 4) is 5.88 Å². The summed E-state index contributed by atoms with van der Waals surface area (Å²) in [6, 6.07) is 3.66. The highest BCUT2D eigenvalue weighted by Gasteiger charge is 2.19. The van der Waals surface area contributed by atoms with Crippen molar-refractivity contribution in [2.24, 2.45) is 0 Å². The molecule has 0 spiro atoms. The summed E-state index contributed by atoms with van der Waals surface area (Å²) in [5.74, 6) is 0.361. The molecule has 1 rings (SSSR count). The van der Waals surface area contributed by atoms with Gasteiger partial charge < -0.3 is 14.4 Å². The van der Waals surface area contributed by atoms with Gasteiger partial charge in [0.25, 0.3) is 0 Å². The van der Waals surface area contributed by atoms with Crippen LogP contribution in [-0.4, -0.2) is 43.7 Å². The highest BCUT2D eigenvalue weighted by Crippen LogP contribution is 2.23. The van der Waals surface area contributed by atoms with Crippen LogP contribution < -0.4 is 4.74 Å². The second-order valence-electron chi connectivity index (χ2n) is 4.12. The van der Waals surface area contributed by atoms with Gasteiger partial charge in [-0.2, -0.15) is 0 Å². The number of esters is 1. The van der Waals surface area contributed by atoms with Crippen molar-refractivity contribution in [3.05, 3.63) is 23.9 Å². The van der Waals surface area contributed by atoms with Crippen LogP contribution in [0.3, 0.4) is 0 Å². The van der Waals surface area contributed by atoms with Gasteiger partial charge in [0.2, 0.25) is 5.88 Å². The number of pyridine rings is 1. The zero-order valence-corrected chi connectivity index (χ0v) is 11.3. The van der Waals surface area contributed by atoms with Crippen LogP contribution in [0, 0.1) is 0 Å². The van der Waals surface area contributed by atoms with E-state index in [0.717, 1.165) is 5.56 Å². The van der Waals surface area contributed by atoms with Crippen LogP contribution in [0.1, 0.15) is 24.9 Å². The lowest BCUT2D eigenvalue weighted by Gasteiger charge is -2.23. The molecule has 0 aliphatic heterocycles. The molecule has 1 unspecified atom stereocenters. The molecular weight excluding hydrogens is 232 g/mol. The van der Waals surface area contributed by atoms with Gasteiger partial charge in [-0.15, -0.1) is 0 Å². The highest BCUT2D eigenvalue weighted by molar-refractivity contribution is 5.70. The number of nitrogens with zero attached hydrogens (tertiary/aromatic N) is 2. The van der Waals surface area contributed by atoms with Gasteiger partial charge >= 0.3 is 5.97 Å². The van der Waals surface area contributed by atoms with Crippen molar-refractivity contribution < 1.29 is 14.3 Å². The fourth-order valence-electron chi connectivity index (χ4n) is 1.69. The monoisotopic (exact) mass is 252 g/mol. The number of hydrogen-bond acceptors (Lipinski definition) is 5. The molecule has 0 saturated heterocycles. The summed E-state index contributed by atoms with van der Waals surface area (Å²) in [4.78, 5) is 17.7. The maximum atomic E-state index is 11.6. The zero-order valence-electron chi connectivity index (χ0n) is 11.3. The third-order valence-corrected chi connectivity index (χ3v) is 2.64. The third kappa shape index (κ3) is 4.00. The van der Waals surface area contributed by atoms with Crippen molar-refractivity contribution in [1.29, 1.82) is 0 Å². The van der Waals surface area contributed by atoms with Crippen LogP contribution in [0.4, 0.5) is 0 Å². The van der Waals surface area contributed by atoms with Crippen molar-refractivity contribution >= 4 is 5.97 Å². The van der Waals surface area contributed by atoms with Crippen LogP contribution >= 0.6 is 0 Å². The van der Waals surface area contributed by atoms with Crippen LogP contribution in [0.25, 0.3) is 0 Å². The van der Waals surface area contributed by atoms with Crippen LogP contribution in [-0.2, 0) is 9.53 Å². The van der Waals surface area contributed by atoms with E-state index in [9.17, 15) is 4.79 Å². The summed E-state index contributed by atoms with van der Waals surface area (Å²) >= 11 is 0. The summed E-state index contributed by atoms with van der Waals surface area (Å²) in [5, 5.41) is 0. The number of hydrogen-bond donors (Lipinski definition) is 0. The molecule has 1 heterocycles. The summed E-state index contributed by atoms with van der Waals surface area (Å²) in [6.07, 6.45) is 2.04. The number of ether oxygens (including phenoxy) is 2. The average Bonchev–Trinajstić information content (AvgIpc) is 2.36. The van der Waals surface area contributed by atoms with E-state index in [1.165, 1.54) is 0 Å². The standard InChI is InChI=1S/C13H20N2O3/c1-5-18-13(16)8-11(15(2)3)10-6-7-12(17-4)14-9-10/h6-7,9,11H,5,8H2,1-4H3. The van der Waals surface area contributed by atoms with Gasteiger partial charge in [-0.3, -0.25) is 4.79 Å². The Bertz CT molecular complexity index is 376. The van der Waals surface area contributed by atoms with E-state index in [1.54, 1.807) is 26.3 Å². The van der Waals surface area contributed by atoms with Crippen LogP contribution in [0.2, 0.25) is 0 Å². The largest absolute Gasteiger partial charge is 0.481 e. The Kier molecular flexibility index (Phi) is 5.58. The molecule has 5 nitrogen and oxygen atoms in total. The summed E-state index contributed by atoms with van der Waals surface area (Å²) in [7, 11) is 5.42. The summed E-state index contributed by atoms with van der Waals surface area (Å²) in [6.45, 7) is 2.21. The number of methoxy groups -OCH3 is 1. The van der Waals surface area contributed by atoms with Crippen molar-refractivity contribution in [2.45, 2.75) is 19.4 Å². The van der Waals surface area contributed by atoms with Gasteiger partial charge in [0.1, 0.15) is 0 Å². The minimum Gasteiger partial charge on any atom is -0.481 e. The molecule has 0 saturated carbocycles. The summed E-state index contributed by atoms with van der Waals surface area (Å²) < 4.78 is 9.99. The van der Waals surface area contributed by atoms with E-state index in [4.69, 9.17) is 9.47 Å². The van der Waals surface area contributed by atoms with Gasteiger partial charge in [0.05, 0.1) is 20.1 Å². The Morgan fingerprint density at radius 2 is 2.17 bits per heavy atom. The smallest absolute Gasteiger partial charge is 0.307 e. The molecule has 0 aromatic carbocycles. The van der Waals surface area contributed by atoms with E-state index < -0.39 is 0 Å². The first kappa shape index (κ1) is 14.4. The maximum absolute atomic E-state index is 11.6. The van der Waals surface area contributed by atoms with Crippen LogP contribution in [0.5, 0.6) is 5.88 Å². The molecule has 0 bridgehead atoms. The fraction of sp³-hybridized carbons (Fsp3) is 0.538. The Morgan fingerprint density at radius 1 is 1.44 bits per heavy atom. The Balaban J connectivity index is 2.80. The molecule has 0 amide bonds. The predicted molar refractivity (Wildman–Crippen MR) is 68.5 cm³/mol. The second kappa shape index (κ2) is 6.96. The van der Waals surface area contributed by atoms with Gasteiger partial charge in [-0.25, -0.2) is 4.98 Å². The van der Waals surface area contributed by atoms with Crippen molar-refractivity contribution in [3.63, 3.8) is 0 Å². The van der Waals surface area contributed by atoms with E-state index in [0.29, 0.717) is 18.9 Å². The van der Waals surface area contributed by atoms with E-state index >= 15 is 0 Å². The van der Waals surface area contributed by atoms with E-state index in [1.807, 2.05) is 25.1 Å². The highest BCUT2D eigenvalue weighted by atomic mass is 16.5. The molecule has 0 radical (unpaired) electrons. The third-order valence-electron chi connectivity index (χ3n) is 2.64. The Labute approximate surface area is 108 Å². The first-order chi connectivity index (χ1) is 8.58. The molecule has 1 atom stereocenters. The fourth-order valence-corrected chi connectivity index (χ4v) is 1.69. The number of aromatic nitrogens is 1. The molecule has 100 valence electrons. The lowest BCUT2D eigenvalue weighted by atomic mass is 10.1. The SMILES string of the molecule is CCOC(=O)CC(c1ccc(OC)nc1)N(C)C. The minimum atomic E-state index is -0.202. The number of carbonyl (C=O) groups excluding carboxylic acids is 1. The number of rotatable bonds is 6. The zero-order chi connectivity index (χ0) is 13.5. The van der Waals surface area contributed by atoms with Gasteiger partial charge in [-0.1, -0.05) is 6.07 Å². The van der Waals surface area contributed by atoms with Crippen molar-refractivity contribution in [1.82, 2.24) is 9.88 Å². The Hall–Kier alpha value is -1.62. The molecule has 0 N–H and O–H groups in total. The van der Waals surface area contributed by atoms with Gasteiger partial charge in [-0.05, 0) is 26.6 Å². The molecule has 18 heavy (non-hydrogen) atoms. The molecule has 0 aliphatic rings. The van der Waals surface area contributed by atoms with E-state index in [2.05, 4.69) is 4.98 Å². The number of carbonyl (C=O) groups is 1. The summed E-state index contributed by atoms with van der Waals surface area (Å²) in [5.41, 5.74) is 0.967. The van der Waals surface area contributed by atoms with Gasteiger partial charge in [0.15, 0.2) is 0 Å². The van der Waals surface area contributed by atoms with Crippen molar-refractivity contribution in [2.75, 3.05) is 27.8 Å². The first-order valence-corrected chi connectivity index (χ1v) is 5.90. The Morgan fingerprint density at radius 3 is 2.61 bits per heavy atom. The average molecular weight is 252 g/mol. The second-order valence-corrected chi connectivity index (χ2v) is 4.12. The first-order valence-electron chi connectivity index (χ1n) is 5.90. The van der Waals surface area contributed by atoms with E-state index in [-0.39, 0.29) is 12.0 Å². The minimum absolute atomic E-state index is 0.0394. The molecule has 0 aliphatic carbocycles. The van der Waals surface area contributed by atoms with Gasteiger partial charge in [0, 0.05) is 18.3 Å². The lowest BCUT2D eigenvalue weighted by Crippen LogP contribution is -2.24. The molecule has 0 fully saturated rings. The lowest BCUT2D eigenvalue weighted by molar-refractivity contribution is -0.144. The normalized spacial score (nSPS) is 12.3. The quantitative estimate of drug-likeness (QED) is 0.720. The predicted octanol–water partition coefficient (Wildman–Crippen LogP) is 1.65. The van der Waals surface area contributed by atoms with Crippen LogP contribution in [0.15, 0.2) is 18.3 Å². The molecule has 5 heteroatoms. The molecular formula is C13H20N2O3. The molecule has 1 aromatic rings.